The van der Waals surface area contributed by atoms with Gasteiger partial charge >= 0.3 is 6.18 Å². The zero-order valence-corrected chi connectivity index (χ0v) is 13.8. The third-order valence-corrected chi connectivity index (χ3v) is 3.87. The SMILES string of the molecule is C/C=C(/c1ccc(C(C)(C)C)cc1)c1ccc(C(F)(F)F)cc1. The Balaban J connectivity index is 2.34. The number of hydrogen-bond donors (Lipinski definition) is 0. The van der Waals surface area contributed by atoms with Gasteiger partial charge in [0.2, 0.25) is 0 Å². The number of hydrogen-bond acceptors (Lipinski definition) is 0. The third-order valence-electron chi connectivity index (χ3n) is 3.87. The van der Waals surface area contributed by atoms with Crippen molar-refractivity contribution in [3.8, 4) is 0 Å². The molecule has 2 aromatic rings. The quantitative estimate of drug-likeness (QED) is 0.596. The molecule has 23 heavy (non-hydrogen) atoms. The van der Waals surface area contributed by atoms with Crippen LogP contribution in [0.2, 0.25) is 0 Å². The second kappa shape index (κ2) is 6.23. The molecule has 0 atom stereocenters. The predicted octanol–water partition coefficient (Wildman–Crippen LogP) is 6.45. The van der Waals surface area contributed by atoms with Crippen LogP contribution < -0.4 is 0 Å². The Hall–Kier alpha value is -2.03. The molecule has 0 heterocycles. The average molecular weight is 318 g/mol. The summed E-state index contributed by atoms with van der Waals surface area (Å²) < 4.78 is 38.0. The second-order valence-corrected chi connectivity index (χ2v) is 6.60. The molecule has 0 unspecified atom stereocenters. The summed E-state index contributed by atoms with van der Waals surface area (Å²) >= 11 is 0. The fraction of sp³-hybridized carbons (Fsp3) is 0.300. The van der Waals surface area contributed by atoms with E-state index in [9.17, 15) is 13.2 Å². The first-order valence-electron chi connectivity index (χ1n) is 7.58. The first-order chi connectivity index (χ1) is 10.6. The van der Waals surface area contributed by atoms with Crippen molar-refractivity contribution in [2.75, 3.05) is 0 Å². The fourth-order valence-corrected chi connectivity index (χ4v) is 2.49. The number of benzene rings is 2. The Kier molecular flexibility index (Phi) is 4.69. The normalized spacial score (nSPS) is 13.3. The summed E-state index contributed by atoms with van der Waals surface area (Å²) in [6.07, 6.45) is -2.38. The maximum absolute atomic E-state index is 12.7. The van der Waals surface area contributed by atoms with E-state index in [1.165, 1.54) is 17.7 Å². The molecule has 0 spiro atoms. The standard InChI is InChI=1S/C20H21F3/c1-5-18(14-6-10-16(11-7-14)19(2,3)4)15-8-12-17(13-9-15)20(21,22)23/h5-13H,1-4H3/b18-5-. The molecule has 2 aromatic carbocycles. The van der Waals surface area contributed by atoms with Gasteiger partial charge in [-0.2, -0.15) is 13.2 Å². The van der Waals surface area contributed by atoms with E-state index in [2.05, 4.69) is 32.9 Å². The number of halogens is 3. The van der Waals surface area contributed by atoms with E-state index >= 15 is 0 Å². The minimum absolute atomic E-state index is 0.0724. The van der Waals surface area contributed by atoms with Gasteiger partial charge in [0, 0.05) is 0 Å². The molecule has 0 fully saturated rings. The van der Waals surface area contributed by atoms with Crippen LogP contribution in [0.5, 0.6) is 0 Å². The molecule has 0 aliphatic rings. The highest BCUT2D eigenvalue weighted by Crippen LogP contribution is 2.32. The second-order valence-electron chi connectivity index (χ2n) is 6.60. The summed E-state index contributed by atoms with van der Waals surface area (Å²) in [5, 5.41) is 0. The van der Waals surface area contributed by atoms with Gasteiger partial charge in [-0.3, -0.25) is 0 Å². The zero-order valence-electron chi connectivity index (χ0n) is 13.8. The summed E-state index contributed by atoms with van der Waals surface area (Å²) in [6, 6.07) is 13.5. The van der Waals surface area contributed by atoms with Gasteiger partial charge < -0.3 is 0 Å². The molecule has 3 heteroatoms. The molecule has 0 saturated heterocycles. The van der Waals surface area contributed by atoms with E-state index < -0.39 is 11.7 Å². The number of allylic oxidation sites excluding steroid dienone is 1. The molecule has 0 aliphatic carbocycles. The van der Waals surface area contributed by atoms with Gasteiger partial charge in [-0.1, -0.05) is 63.2 Å². The minimum Gasteiger partial charge on any atom is -0.166 e. The largest absolute Gasteiger partial charge is 0.416 e. The topological polar surface area (TPSA) is 0 Å². The molecular formula is C20H21F3. The molecule has 0 N–H and O–H groups in total. The molecular weight excluding hydrogens is 297 g/mol. The van der Waals surface area contributed by atoms with E-state index in [4.69, 9.17) is 0 Å². The van der Waals surface area contributed by atoms with Crippen LogP contribution in [0.1, 0.15) is 49.9 Å². The van der Waals surface area contributed by atoms with Crippen molar-refractivity contribution >= 4 is 5.57 Å². The van der Waals surface area contributed by atoms with E-state index in [1.807, 2.05) is 25.1 Å². The molecule has 0 nitrogen and oxygen atoms in total. The maximum atomic E-state index is 12.7. The summed E-state index contributed by atoms with van der Waals surface area (Å²) in [4.78, 5) is 0. The van der Waals surface area contributed by atoms with Crippen LogP contribution in [0.25, 0.3) is 5.57 Å². The highest BCUT2D eigenvalue weighted by molar-refractivity contribution is 5.79. The van der Waals surface area contributed by atoms with Crippen molar-refractivity contribution in [2.24, 2.45) is 0 Å². The van der Waals surface area contributed by atoms with Gasteiger partial charge in [0.1, 0.15) is 0 Å². The Bertz CT molecular complexity index is 622. The Morgan fingerprint density at radius 1 is 0.739 bits per heavy atom. The van der Waals surface area contributed by atoms with Crippen molar-refractivity contribution in [1.29, 1.82) is 0 Å². The van der Waals surface area contributed by atoms with Gasteiger partial charge in [0.25, 0.3) is 0 Å². The summed E-state index contributed by atoms with van der Waals surface area (Å²) in [6.45, 7) is 8.34. The van der Waals surface area contributed by atoms with Crippen molar-refractivity contribution in [3.63, 3.8) is 0 Å². The van der Waals surface area contributed by atoms with Gasteiger partial charge in [-0.15, -0.1) is 0 Å². The lowest BCUT2D eigenvalue weighted by molar-refractivity contribution is -0.137. The molecule has 0 saturated carbocycles. The minimum atomic E-state index is -4.30. The van der Waals surface area contributed by atoms with E-state index in [1.54, 1.807) is 0 Å². The number of alkyl halides is 3. The van der Waals surface area contributed by atoms with Crippen LogP contribution in [0, 0.1) is 0 Å². The Morgan fingerprint density at radius 2 is 1.13 bits per heavy atom. The Morgan fingerprint density at radius 3 is 1.43 bits per heavy atom. The van der Waals surface area contributed by atoms with Gasteiger partial charge in [0.05, 0.1) is 5.56 Å². The molecule has 0 bridgehead atoms. The van der Waals surface area contributed by atoms with Crippen molar-refractivity contribution < 1.29 is 13.2 Å². The molecule has 2 rings (SSSR count). The van der Waals surface area contributed by atoms with Crippen LogP contribution in [0.3, 0.4) is 0 Å². The lowest BCUT2D eigenvalue weighted by atomic mass is 9.85. The first-order valence-corrected chi connectivity index (χ1v) is 7.58. The molecule has 0 aliphatic heterocycles. The molecule has 0 amide bonds. The van der Waals surface area contributed by atoms with Crippen molar-refractivity contribution in [2.45, 2.75) is 39.3 Å². The highest BCUT2D eigenvalue weighted by Gasteiger charge is 2.30. The summed E-state index contributed by atoms with van der Waals surface area (Å²) in [7, 11) is 0. The van der Waals surface area contributed by atoms with Crippen LogP contribution in [-0.4, -0.2) is 0 Å². The predicted molar refractivity (Wildman–Crippen MR) is 89.3 cm³/mol. The summed E-state index contributed by atoms with van der Waals surface area (Å²) in [5.41, 5.74) is 3.38. The molecule has 0 radical (unpaired) electrons. The molecule has 122 valence electrons. The lowest BCUT2D eigenvalue weighted by Gasteiger charge is -2.19. The third kappa shape index (κ3) is 4.04. The lowest BCUT2D eigenvalue weighted by Crippen LogP contribution is -2.10. The van der Waals surface area contributed by atoms with Crippen LogP contribution >= 0.6 is 0 Å². The van der Waals surface area contributed by atoms with Crippen molar-refractivity contribution in [1.82, 2.24) is 0 Å². The zero-order chi connectivity index (χ0) is 17.3. The van der Waals surface area contributed by atoms with E-state index in [0.717, 1.165) is 28.8 Å². The van der Waals surface area contributed by atoms with Crippen LogP contribution in [-0.2, 0) is 11.6 Å². The highest BCUT2D eigenvalue weighted by atomic mass is 19.4. The van der Waals surface area contributed by atoms with Gasteiger partial charge in [-0.05, 0) is 46.7 Å². The van der Waals surface area contributed by atoms with Gasteiger partial charge in [-0.25, -0.2) is 0 Å². The average Bonchev–Trinajstić information content (AvgIpc) is 2.47. The fourth-order valence-electron chi connectivity index (χ4n) is 2.49. The van der Waals surface area contributed by atoms with Crippen molar-refractivity contribution in [3.05, 3.63) is 76.9 Å². The van der Waals surface area contributed by atoms with Crippen LogP contribution in [0.4, 0.5) is 13.2 Å². The number of rotatable bonds is 2. The Labute approximate surface area is 135 Å². The van der Waals surface area contributed by atoms with E-state index in [0.29, 0.717) is 0 Å². The molecule has 0 aromatic heterocycles. The first kappa shape index (κ1) is 17.3. The monoisotopic (exact) mass is 318 g/mol. The van der Waals surface area contributed by atoms with Crippen LogP contribution in [0.15, 0.2) is 54.6 Å². The maximum Gasteiger partial charge on any atom is 0.416 e. The summed E-state index contributed by atoms with van der Waals surface area (Å²) in [5.74, 6) is 0. The van der Waals surface area contributed by atoms with Gasteiger partial charge in [0.15, 0.2) is 0 Å². The smallest absolute Gasteiger partial charge is 0.166 e. The van der Waals surface area contributed by atoms with E-state index in [-0.39, 0.29) is 5.41 Å².